The number of amides is 1. The summed E-state index contributed by atoms with van der Waals surface area (Å²) in [5, 5.41) is 5.28. The smallest absolute Gasteiger partial charge is 0.222 e. The largest absolute Gasteiger partial charge is 0.352 e. The zero-order valence-electron chi connectivity index (χ0n) is 14.8. The maximum atomic E-state index is 12.3. The van der Waals surface area contributed by atoms with Crippen molar-refractivity contribution in [2.24, 2.45) is 7.05 Å². The lowest BCUT2D eigenvalue weighted by Crippen LogP contribution is -2.49. The summed E-state index contributed by atoms with van der Waals surface area (Å²) in [6, 6.07) is 0. The molecule has 2 aromatic heterocycles. The first-order valence-electron chi connectivity index (χ1n) is 8.79. The van der Waals surface area contributed by atoms with Gasteiger partial charge in [-0.3, -0.25) is 9.48 Å². The molecule has 3 rings (SSSR count). The van der Waals surface area contributed by atoms with Gasteiger partial charge in [-0.05, 0) is 13.3 Å². The molecule has 0 N–H and O–H groups in total. The molecule has 0 aromatic carbocycles. The molecule has 24 heavy (non-hydrogen) atoms. The minimum absolute atomic E-state index is 0.286. The number of anilines is 1. The Morgan fingerprint density at radius 2 is 1.92 bits per heavy atom. The first kappa shape index (κ1) is 16.7. The van der Waals surface area contributed by atoms with E-state index in [0.29, 0.717) is 6.42 Å². The van der Waals surface area contributed by atoms with Gasteiger partial charge in [0.15, 0.2) is 5.65 Å². The number of carbonyl (C=O) groups is 1. The molecular weight excluding hydrogens is 304 g/mol. The number of rotatable bonds is 5. The van der Waals surface area contributed by atoms with Crippen LogP contribution in [0.3, 0.4) is 0 Å². The third-order valence-electron chi connectivity index (χ3n) is 4.61. The van der Waals surface area contributed by atoms with Crippen LogP contribution in [0, 0.1) is 6.92 Å². The van der Waals surface area contributed by atoms with Crippen LogP contribution >= 0.6 is 0 Å². The van der Waals surface area contributed by atoms with Crippen molar-refractivity contribution >= 4 is 22.8 Å². The van der Waals surface area contributed by atoms with Gasteiger partial charge in [0, 0.05) is 39.6 Å². The van der Waals surface area contributed by atoms with E-state index in [9.17, 15) is 4.79 Å². The summed E-state index contributed by atoms with van der Waals surface area (Å²) in [6.07, 6.45) is 5.77. The molecule has 1 aliphatic rings. The van der Waals surface area contributed by atoms with Gasteiger partial charge in [-0.25, -0.2) is 9.97 Å². The predicted octanol–water partition coefficient (Wildman–Crippen LogP) is 1.90. The molecule has 0 bridgehead atoms. The molecule has 0 atom stereocenters. The summed E-state index contributed by atoms with van der Waals surface area (Å²) in [5.74, 6) is 1.97. The molecule has 130 valence electrons. The van der Waals surface area contributed by atoms with Crippen molar-refractivity contribution in [3.63, 3.8) is 0 Å². The SMILES string of the molecule is CCCCCC(=O)N1CCN(c2nc(C)nc3c2cnn3C)CC1. The molecular formula is C17H26N6O. The van der Waals surface area contributed by atoms with E-state index in [2.05, 4.69) is 26.9 Å². The fourth-order valence-corrected chi connectivity index (χ4v) is 3.21. The van der Waals surface area contributed by atoms with Crippen LogP contribution < -0.4 is 4.90 Å². The van der Waals surface area contributed by atoms with Gasteiger partial charge in [0.05, 0.1) is 11.6 Å². The first-order chi connectivity index (χ1) is 11.6. The number of piperazine rings is 1. The Hall–Kier alpha value is -2.18. The number of carbonyl (C=O) groups excluding carboxylic acids is 1. The fourth-order valence-electron chi connectivity index (χ4n) is 3.21. The third kappa shape index (κ3) is 3.34. The molecule has 0 aliphatic carbocycles. The van der Waals surface area contributed by atoms with Gasteiger partial charge in [-0.15, -0.1) is 0 Å². The highest BCUT2D eigenvalue weighted by Gasteiger charge is 2.23. The topological polar surface area (TPSA) is 67.2 Å². The van der Waals surface area contributed by atoms with Crippen LogP contribution in [-0.2, 0) is 11.8 Å². The Balaban J connectivity index is 1.68. The summed E-state index contributed by atoms with van der Waals surface area (Å²) >= 11 is 0. The zero-order chi connectivity index (χ0) is 17.1. The van der Waals surface area contributed by atoms with Crippen molar-refractivity contribution in [3.05, 3.63) is 12.0 Å². The van der Waals surface area contributed by atoms with E-state index in [1.165, 1.54) is 0 Å². The molecule has 0 saturated carbocycles. The highest BCUT2D eigenvalue weighted by atomic mass is 16.2. The van der Waals surface area contributed by atoms with Gasteiger partial charge in [0.1, 0.15) is 11.6 Å². The monoisotopic (exact) mass is 330 g/mol. The summed E-state index contributed by atoms with van der Waals surface area (Å²) in [4.78, 5) is 25.6. The summed E-state index contributed by atoms with van der Waals surface area (Å²) in [7, 11) is 1.89. The summed E-state index contributed by atoms with van der Waals surface area (Å²) in [6.45, 7) is 7.20. The average Bonchev–Trinajstić information content (AvgIpc) is 2.95. The molecule has 1 amide bonds. The van der Waals surface area contributed by atoms with Gasteiger partial charge >= 0.3 is 0 Å². The summed E-state index contributed by atoms with van der Waals surface area (Å²) in [5.41, 5.74) is 0.857. The normalized spacial score (nSPS) is 15.3. The minimum Gasteiger partial charge on any atom is -0.352 e. The lowest BCUT2D eigenvalue weighted by Gasteiger charge is -2.35. The Labute approximate surface area is 142 Å². The second kappa shape index (κ2) is 7.15. The zero-order valence-corrected chi connectivity index (χ0v) is 14.8. The highest BCUT2D eigenvalue weighted by Crippen LogP contribution is 2.24. The second-order valence-corrected chi connectivity index (χ2v) is 6.42. The number of aromatic nitrogens is 4. The van der Waals surface area contributed by atoms with E-state index < -0.39 is 0 Å². The molecule has 7 heteroatoms. The van der Waals surface area contributed by atoms with Gasteiger partial charge in [0.25, 0.3) is 0 Å². The lowest BCUT2D eigenvalue weighted by atomic mass is 10.2. The second-order valence-electron chi connectivity index (χ2n) is 6.42. The van der Waals surface area contributed by atoms with E-state index in [1.807, 2.05) is 25.1 Å². The third-order valence-corrected chi connectivity index (χ3v) is 4.61. The van der Waals surface area contributed by atoms with Gasteiger partial charge < -0.3 is 9.80 Å². The molecule has 1 aliphatic heterocycles. The van der Waals surface area contributed by atoms with Gasteiger partial charge in [-0.2, -0.15) is 5.10 Å². The Bertz CT molecular complexity index is 717. The number of nitrogens with zero attached hydrogens (tertiary/aromatic N) is 6. The Morgan fingerprint density at radius 1 is 1.17 bits per heavy atom. The van der Waals surface area contributed by atoms with Crippen LogP contribution in [0.4, 0.5) is 5.82 Å². The van der Waals surface area contributed by atoms with E-state index in [1.54, 1.807) is 4.68 Å². The predicted molar refractivity (Wildman–Crippen MR) is 94.0 cm³/mol. The molecule has 1 saturated heterocycles. The van der Waals surface area contributed by atoms with Crippen molar-refractivity contribution < 1.29 is 4.79 Å². The number of aryl methyl sites for hydroxylation is 2. The number of hydrogen-bond acceptors (Lipinski definition) is 5. The number of hydrogen-bond donors (Lipinski definition) is 0. The van der Waals surface area contributed by atoms with Crippen LogP contribution in [0.5, 0.6) is 0 Å². The van der Waals surface area contributed by atoms with Crippen molar-refractivity contribution in [3.8, 4) is 0 Å². The standard InChI is InChI=1S/C17H26N6O/c1-4-5-6-7-15(24)22-8-10-23(11-9-22)17-14-12-18-21(3)16(14)19-13(2)20-17/h12H,4-11H2,1-3H3. The Morgan fingerprint density at radius 3 is 2.62 bits per heavy atom. The molecule has 0 unspecified atom stereocenters. The van der Waals surface area contributed by atoms with Crippen LogP contribution in [-0.4, -0.2) is 56.7 Å². The van der Waals surface area contributed by atoms with Crippen molar-refractivity contribution in [1.82, 2.24) is 24.6 Å². The number of fused-ring (bicyclic) bond motifs is 1. The van der Waals surface area contributed by atoms with Crippen molar-refractivity contribution in [2.45, 2.75) is 39.5 Å². The fraction of sp³-hybridized carbons (Fsp3) is 0.647. The maximum Gasteiger partial charge on any atom is 0.222 e. The Kier molecular flexibility index (Phi) is 4.97. The first-order valence-corrected chi connectivity index (χ1v) is 8.79. The van der Waals surface area contributed by atoms with Gasteiger partial charge in [-0.1, -0.05) is 19.8 Å². The van der Waals surface area contributed by atoms with Gasteiger partial charge in [0.2, 0.25) is 5.91 Å². The molecule has 1 fully saturated rings. The van der Waals surface area contributed by atoms with E-state index >= 15 is 0 Å². The maximum absolute atomic E-state index is 12.3. The van der Waals surface area contributed by atoms with Crippen LogP contribution in [0.2, 0.25) is 0 Å². The number of unbranched alkanes of at least 4 members (excludes halogenated alkanes) is 2. The molecule has 0 spiro atoms. The quantitative estimate of drug-likeness (QED) is 0.783. The van der Waals surface area contributed by atoms with Crippen molar-refractivity contribution in [2.75, 3.05) is 31.1 Å². The van der Waals surface area contributed by atoms with Crippen LogP contribution in [0.1, 0.15) is 38.4 Å². The average molecular weight is 330 g/mol. The molecule has 7 nitrogen and oxygen atoms in total. The van der Waals surface area contributed by atoms with E-state index in [0.717, 1.165) is 68.1 Å². The van der Waals surface area contributed by atoms with E-state index in [4.69, 9.17) is 0 Å². The van der Waals surface area contributed by atoms with Crippen molar-refractivity contribution in [1.29, 1.82) is 0 Å². The minimum atomic E-state index is 0.286. The van der Waals surface area contributed by atoms with Crippen LogP contribution in [0.15, 0.2) is 6.20 Å². The molecule has 2 aromatic rings. The van der Waals surface area contributed by atoms with Crippen LogP contribution in [0.25, 0.3) is 11.0 Å². The summed E-state index contributed by atoms with van der Waals surface area (Å²) < 4.78 is 1.78. The molecule has 0 radical (unpaired) electrons. The van der Waals surface area contributed by atoms with E-state index in [-0.39, 0.29) is 5.91 Å². The molecule has 3 heterocycles. The lowest BCUT2D eigenvalue weighted by molar-refractivity contribution is -0.131. The highest BCUT2D eigenvalue weighted by molar-refractivity contribution is 5.87.